The lowest BCUT2D eigenvalue weighted by Gasteiger charge is -2.33. The summed E-state index contributed by atoms with van der Waals surface area (Å²) in [7, 11) is 0. The second-order valence-electron chi connectivity index (χ2n) is 5.28. The van der Waals surface area contributed by atoms with E-state index in [2.05, 4.69) is 50.4 Å². The number of benzene rings is 1. The van der Waals surface area contributed by atoms with Crippen LogP contribution in [0.4, 0.5) is 0 Å². The maximum atomic E-state index is 9.58. The molecule has 1 rings (SSSR count). The quantitative estimate of drug-likeness (QED) is 0.794. The van der Waals surface area contributed by atoms with Crippen molar-refractivity contribution in [1.29, 1.82) is 0 Å². The lowest BCUT2D eigenvalue weighted by Crippen LogP contribution is -2.45. The molecule has 0 fully saturated rings. The molecule has 0 aliphatic carbocycles. The molecular weight excluding hydrogens is 210 g/mol. The highest BCUT2D eigenvalue weighted by Crippen LogP contribution is 2.26. The van der Waals surface area contributed by atoms with Crippen LogP contribution in [0.15, 0.2) is 30.3 Å². The van der Waals surface area contributed by atoms with Crippen LogP contribution in [0.2, 0.25) is 0 Å². The van der Waals surface area contributed by atoms with Crippen molar-refractivity contribution in [2.45, 2.75) is 51.7 Å². The van der Waals surface area contributed by atoms with Gasteiger partial charge in [-0.3, -0.25) is 0 Å². The molecule has 17 heavy (non-hydrogen) atoms. The predicted octanol–water partition coefficient (Wildman–Crippen LogP) is 2.71. The maximum absolute atomic E-state index is 9.58. The van der Waals surface area contributed by atoms with E-state index in [1.807, 2.05) is 13.0 Å². The zero-order valence-corrected chi connectivity index (χ0v) is 11.4. The van der Waals surface area contributed by atoms with Gasteiger partial charge in [-0.2, -0.15) is 0 Å². The third-order valence-electron chi connectivity index (χ3n) is 3.73. The van der Waals surface area contributed by atoms with Crippen LogP contribution in [0.25, 0.3) is 0 Å². The Hall–Kier alpha value is -0.860. The van der Waals surface area contributed by atoms with E-state index in [0.717, 1.165) is 6.42 Å². The Morgan fingerprint density at radius 2 is 1.82 bits per heavy atom. The van der Waals surface area contributed by atoms with Gasteiger partial charge in [0.05, 0.1) is 6.10 Å². The second-order valence-corrected chi connectivity index (χ2v) is 5.28. The van der Waals surface area contributed by atoms with Crippen molar-refractivity contribution < 1.29 is 5.11 Å². The number of hydrogen-bond donors (Lipinski definition) is 2. The zero-order valence-electron chi connectivity index (χ0n) is 11.4. The van der Waals surface area contributed by atoms with Crippen LogP contribution in [0.1, 0.15) is 39.7 Å². The summed E-state index contributed by atoms with van der Waals surface area (Å²) in [6, 6.07) is 10.8. The molecule has 0 spiro atoms. The first-order valence-electron chi connectivity index (χ1n) is 6.45. The lowest BCUT2D eigenvalue weighted by molar-refractivity contribution is 0.158. The molecule has 0 aromatic heterocycles. The van der Waals surface area contributed by atoms with Crippen LogP contribution >= 0.6 is 0 Å². The Morgan fingerprint density at radius 3 is 2.35 bits per heavy atom. The minimum Gasteiger partial charge on any atom is -0.392 e. The van der Waals surface area contributed by atoms with Crippen molar-refractivity contribution in [2.24, 2.45) is 0 Å². The Labute approximate surface area is 105 Å². The number of rotatable bonds is 6. The van der Waals surface area contributed by atoms with Crippen molar-refractivity contribution in [3.05, 3.63) is 35.9 Å². The summed E-state index contributed by atoms with van der Waals surface area (Å²) >= 11 is 0. The topological polar surface area (TPSA) is 32.3 Å². The summed E-state index contributed by atoms with van der Waals surface area (Å²) < 4.78 is 0. The van der Waals surface area contributed by atoms with Gasteiger partial charge in [0.15, 0.2) is 0 Å². The van der Waals surface area contributed by atoms with E-state index in [-0.39, 0.29) is 11.5 Å². The normalized spacial score (nSPS) is 15.6. The first kappa shape index (κ1) is 14.2. The van der Waals surface area contributed by atoms with Gasteiger partial charge in [0, 0.05) is 18.0 Å². The molecule has 1 aromatic carbocycles. The van der Waals surface area contributed by atoms with Gasteiger partial charge < -0.3 is 10.4 Å². The Morgan fingerprint density at radius 1 is 1.24 bits per heavy atom. The first-order valence-corrected chi connectivity index (χ1v) is 6.45. The van der Waals surface area contributed by atoms with Crippen molar-refractivity contribution >= 4 is 0 Å². The van der Waals surface area contributed by atoms with Crippen molar-refractivity contribution in [3.63, 3.8) is 0 Å². The number of nitrogens with one attached hydrogen (secondary N) is 1. The van der Waals surface area contributed by atoms with Gasteiger partial charge in [-0.1, -0.05) is 51.1 Å². The van der Waals surface area contributed by atoms with Crippen LogP contribution in [-0.2, 0) is 5.41 Å². The highest BCUT2D eigenvalue weighted by molar-refractivity contribution is 5.25. The van der Waals surface area contributed by atoms with Crippen LogP contribution in [0.3, 0.4) is 0 Å². The average molecular weight is 235 g/mol. The van der Waals surface area contributed by atoms with E-state index in [1.165, 1.54) is 5.56 Å². The number of aliphatic hydroxyl groups is 1. The molecule has 0 bridgehead atoms. The fourth-order valence-electron chi connectivity index (χ4n) is 1.83. The summed E-state index contributed by atoms with van der Waals surface area (Å²) in [6.45, 7) is 9.30. The fourth-order valence-corrected chi connectivity index (χ4v) is 1.83. The van der Waals surface area contributed by atoms with Crippen LogP contribution in [0.5, 0.6) is 0 Å². The highest BCUT2D eigenvalue weighted by Gasteiger charge is 2.27. The molecule has 0 aliphatic heterocycles. The van der Waals surface area contributed by atoms with E-state index in [0.29, 0.717) is 12.6 Å². The molecule has 2 nitrogen and oxygen atoms in total. The summed E-state index contributed by atoms with van der Waals surface area (Å²) in [5.41, 5.74) is 1.39. The van der Waals surface area contributed by atoms with Crippen molar-refractivity contribution in [3.8, 4) is 0 Å². The Bertz CT molecular complexity index is 321. The van der Waals surface area contributed by atoms with Gasteiger partial charge in [-0.25, -0.2) is 0 Å². The number of aliphatic hydroxyl groups excluding tert-OH is 1. The molecule has 0 radical (unpaired) electrons. The molecule has 2 unspecified atom stereocenters. The molecule has 0 saturated carbocycles. The number of hydrogen-bond acceptors (Lipinski definition) is 2. The smallest absolute Gasteiger partial charge is 0.0662 e. The molecule has 1 aromatic rings. The van der Waals surface area contributed by atoms with Gasteiger partial charge in [0.2, 0.25) is 0 Å². The van der Waals surface area contributed by atoms with Gasteiger partial charge in [-0.05, 0) is 18.9 Å². The SMILES string of the molecule is CCC(O)CNC(C)C(C)(C)c1ccccc1. The summed E-state index contributed by atoms with van der Waals surface area (Å²) in [5, 5.41) is 13.0. The Balaban J connectivity index is 2.64. The molecule has 0 saturated heterocycles. The Kier molecular flexibility index (Phi) is 5.16. The van der Waals surface area contributed by atoms with Gasteiger partial charge in [0.1, 0.15) is 0 Å². The molecule has 2 atom stereocenters. The minimum absolute atomic E-state index is 0.0642. The highest BCUT2D eigenvalue weighted by atomic mass is 16.3. The predicted molar refractivity (Wildman–Crippen MR) is 73.2 cm³/mol. The lowest BCUT2D eigenvalue weighted by atomic mass is 9.78. The average Bonchev–Trinajstić information content (AvgIpc) is 2.36. The summed E-state index contributed by atoms with van der Waals surface area (Å²) in [4.78, 5) is 0. The largest absolute Gasteiger partial charge is 0.392 e. The minimum atomic E-state index is -0.246. The maximum Gasteiger partial charge on any atom is 0.0662 e. The van der Waals surface area contributed by atoms with Gasteiger partial charge in [-0.15, -0.1) is 0 Å². The summed E-state index contributed by atoms with van der Waals surface area (Å²) in [5.74, 6) is 0. The molecule has 0 aliphatic rings. The van der Waals surface area contributed by atoms with Crippen LogP contribution in [0, 0.1) is 0 Å². The molecule has 0 amide bonds. The van der Waals surface area contributed by atoms with E-state index < -0.39 is 0 Å². The third kappa shape index (κ3) is 3.83. The molecule has 0 heterocycles. The molecular formula is C15H25NO. The summed E-state index contributed by atoms with van der Waals surface area (Å²) in [6.07, 6.45) is 0.551. The van der Waals surface area contributed by atoms with E-state index in [1.54, 1.807) is 0 Å². The van der Waals surface area contributed by atoms with E-state index >= 15 is 0 Å². The van der Waals surface area contributed by atoms with Crippen molar-refractivity contribution in [2.75, 3.05) is 6.54 Å². The molecule has 96 valence electrons. The van der Waals surface area contributed by atoms with E-state index in [9.17, 15) is 5.11 Å². The van der Waals surface area contributed by atoms with E-state index in [4.69, 9.17) is 0 Å². The van der Waals surface area contributed by atoms with Gasteiger partial charge in [0.25, 0.3) is 0 Å². The fraction of sp³-hybridized carbons (Fsp3) is 0.600. The zero-order chi connectivity index (χ0) is 12.9. The second kappa shape index (κ2) is 6.18. The van der Waals surface area contributed by atoms with Crippen LogP contribution in [-0.4, -0.2) is 23.8 Å². The first-order chi connectivity index (χ1) is 7.98. The standard InChI is InChI=1S/C15H25NO/c1-5-14(17)11-16-12(2)15(3,4)13-9-7-6-8-10-13/h6-10,12,14,16-17H,5,11H2,1-4H3. The van der Waals surface area contributed by atoms with Gasteiger partial charge >= 0.3 is 0 Å². The van der Waals surface area contributed by atoms with Crippen molar-refractivity contribution in [1.82, 2.24) is 5.32 Å². The monoisotopic (exact) mass is 235 g/mol. The third-order valence-corrected chi connectivity index (χ3v) is 3.73. The molecule has 2 N–H and O–H groups in total. The van der Waals surface area contributed by atoms with Crippen LogP contribution < -0.4 is 5.32 Å². The molecule has 2 heteroatoms.